The second-order valence-electron chi connectivity index (χ2n) is 3.48. The highest BCUT2D eigenvalue weighted by molar-refractivity contribution is 5.01. The number of pyridine rings is 1. The first-order valence-corrected chi connectivity index (χ1v) is 4.52. The van der Waals surface area contributed by atoms with Gasteiger partial charge < -0.3 is 15.6 Å². The number of nitrogens with zero attached hydrogens (tertiary/aromatic N) is 1. The molecule has 1 saturated heterocycles. The van der Waals surface area contributed by atoms with Gasteiger partial charge in [0, 0.05) is 31.4 Å². The summed E-state index contributed by atoms with van der Waals surface area (Å²) in [5, 5.41) is 3.06. The van der Waals surface area contributed by atoms with E-state index in [0.29, 0.717) is 13.1 Å². The predicted molar refractivity (Wildman–Crippen MR) is 50.5 cm³/mol. The van der Waals surface area contributed by atoms with Crippen molar-refractivity contribution in [3.63, 3.8) is 0 Å². The Balaban J connectivity index is 2.40. The summed E-state index contributed by atoms with van der Waals surface area (Å²) in [6.07, 6.45) is 1.21. The molecule has 0 bridgehead atoms. The van der Waals surface area contributed by atoms with E-state index in [0.717, 1.165) is 6.07 Å². The first-order valence-electron chi connectivity index (χ1n) is 4.52. The van der Waals surface area contributed by atoms with Gasteiger partial charge in [0.25, 0.3) is 5.56 Å². The molecule has 1 aliphatic heterocycles. The van der Waals surface area contributed by atoms with Crippen LogP contribution in [0.1, 0.15) is 6.04 Å². The van der Waals surface area contributed by atoms with E-state index in [-0.39, 0.29) is 17.6 Å². The quantitative estimate of drug-likeness (QED) is 0.635. The van der Waals surface area contributed by atoms with E-state index in [4.69, 9.17) is 5.73 Å². The summed E-state index contributed by atoms with van der Waals surface area (Å²) in [6.45, 7) is 1.28. The molecule has 0 radical (unpaired) electrons. The van der Waals surface area contributed by atoms with E-state index in [9.17, 15) is 9.18 Å². The molecule has 76 valence electrons. The van der Waals surface area contributed by atoms with Gasteiger partial charge in [-0.25, -0.2) is 4.39 Å². The summed E-state index contributed by atoms with van der Waals surface area (Å²) >= 11 is 0. The van der Waals surface area contributed by atoms with Crippen LogP contribution in [-0.2, 0) is 0 Å². The van der Waals surface area contributed by atoms with Gasteiger partial charge in [0.15, 0.2) is 0 Å². The van der Waals surface area contributed by atoms with Crippen molar-refractivity contribution in [1.82, 2.24) is 9.88 Å². The van der Waals surface area contributed by atoms with Crippen LogP contribution in [0.3, 0.4) is 0 Å². The molecule has 3 N–H and O–H groups in total. The predicted octanol–water partition coefficient (Wildman–Crippen LogP) is -0.541. The molecule has 0 amide bonds. The summed E-state index contributed by atoms with van der Waals surface area (Å²) < 4.78 is 14.3. The normalized spacial score (nSPS) is 26.7. The Labute approximate surface area is 80.5 Å². The van der Waals surface area contributed by atoms with Crippen molar-refractivity contribution in [3.05, 3.63) is 34.5 Å². The Morgan fingerprint density at radius 3 is 2.93 bits per heavy atom. The van der Waals surface area contributed by atoms with E-state index in [1.54, 1.807) is 0 Å². The molecule has 14 heavy (non-hydrogen) atoms. The van der Waals surface area contributed by atoms with Gasteiger partial charge in [0.2, 0.25) is 0 Å². The fourth-order valence-electron chi connectivity index (χ4n) is 1.73. The lowest BCUT2D eigenvalue weighted by Crippen LogP contribution is -2.36. The lowest BCUT2D eigenvalue weighted by Gasteiger charge is -2.17. The van der Waals surface area contributed by atoms with Gasteiger partial charge in [-0.15, -0.1) is 0 Å². The second-order valence-corrected chi connectivity index (χ2v) is 3.48. The van der Waals surface area contributed by atoms with Gasteiger partial charge in [-0.1, -0.05) is 0 Å². The lowest BCUT2D eigenvalue weighted by atomic mass is 10.2. The van der Waals surface area contributed by atoms with Crippen LogP contribution >= 0.6 is 0 Å². The lowest BCUT2D eigenvalue weighted by molar-refractivity contribution is 0.463. The van der Waals surface area contributed by atoms with Crippen molar-refractivity contribution < 1.29 is 4.39 Å². The topological polar surface area (TPSA) is 60.0 Å². The number of hydrogen-bond acceptors (Lipinski definition) is 3. The smallest absolute Gasteiger partial charge is 0.251 e. The number of hydrogen-bond donors (Lipinski definition) is 2. The molecular weight excluding hydrogens is 185 g/mol. The van der Waals surface area contributed by atoms with Gasteiger partial charge in [-0.3, -0.25) is 4.79 Å². The van der Waals surface area contributed by atoms with Crippen molar-refractivity contribution >= 4 is 0 Å². The molecule has 1 aliphatic rings. The number of nitrogens with two attached hydrogens (primary N) is 1. The Bertz CT molecular complexity index is 390. The number of nitrogens with one attached hydrogen (secondary N) is 1. The van der Waals surface area contributed by atoms with Crippen LogP contribution in [0.15, 0.2) is 23.1 Å². The monoisotopic (exact) mass is 197 g/mol. The van der Waals surface area contributed by atoms with Crippen LogP contribution in [0.5, 0.6) is 0 Å². The zero-order valence-electron chi connectivity index (χ0n) is 7.61. The van der Waals surface area contributed by atoms with Gasteiger partial charge in [0.1, 0.15) is 5.82 Å². The fraction of sp³-hybridized carbons (Fsp3) is 0.444. The van der Waals surface area contributed by atoms with Gasteiger partial charge in [0.05, 0.1) is 6.04 Å². The Morgan fingerprint density at radius 2 is 2.29 bits per heavy atom. The molecule has 4 nitrogen and oxygen atoms in total. The summed E-state index contributed by atoms with van der Waals surface area (Å²) in [7, 11) is 0. The SMILES string of the molecule is N[C@@H]1CNC[C@H]1n1cc(F)ccc1=O. The third kappa shape index (κ3) is 1.56. The average Bonchev–Trinajstić information content (AvgIpc) is 2.56. The van der Waals surface area contributed by atoms with Crippen LogP contribution in [0.2, 0.25) is 0 Å². The highest BCUT2D eigenvalue weighted by atomic mass is 19.1. The van der Waals surface area contributed by atoms with Crippen molar-refractivity contribution in [2.75, 3.05) is 13.1 Å². The average molecular weight is 197 g/mol. The van der Waals surface area contributed by atoms with E-state index in [1.807, 2.05) is 0 Å². The van der Waals surface area contributed by atoms with Crippen LogP contribution < -0.4 is 16.6 Å². The van der Waals surface area contributed by atoms with Crippen LogP contribution in [0.4, 0.5) is 4.39 Å². The summed E-state index contributed by atoms with van der Waals surface area (Å²) in [4.78, 5) is 11.4. The third-order valence-electron chi connectivity index (χ3n) is 2.49. The Kier molecular flexibility index (Phi) is 2.35. The van der Waals surface area contributed by atoms with Crippen LogP contribution in [0, 0.1) is 5.82 Å². The molecule has 0 unspecified atom stereocenters. The number of rotatable bonds is 1. The summed E-state index contributed by atoms with van der Waals surface area (Å²) in [5.74, 6) is -0.413. The number of aromatic nitrogens is 1. The molecule has 0 aliphatic carbocycles. The molecule has 1 aromatic heterocycles. The minimum atomic E-state index is -0.413. The van der Waals surface area contributed by atoms with Crippen LogP contribution in [-0.4, -0.2) is 23.7 Å². The maximum Gasteiger partial charge on any atom is 0.251 e. The zero-order valence-corrected chi connectivity index (χ0v) is 7.61. The molecule has 0 aromatic carbocycles. The molecule has 1 aromatic rings. The van der Waals surface area contributed by atoms with E-state index in [1.165, 1.54) is 16.8 Å². The molecule has 0 saturated carbocycles. The second kappa shape index (κ2) is 3.51. The number of halogens is 1. The minimum Gasteiger partial charge on any atom is -0.325 e. The van der Waals surface area contributed by atoms with E-state index < -0.39 is 5.82 Å². The van der Waals surface area contributed by atoms with Crippen molar-refractivity contribution in [2.24, 2.45) is 5.73 Å². The van der Waals surface area contributed by atoms with Crippen molar-refractivity contribution in [2.45, 2.75) is 12.1 Å². The standard InChI is InChI=1S/C9H12FN3O/c10-6-1-2-9(14)13(5-6)8-4-12-3-7(8)11/h1-2,5,7-8,12H,3-4,11H2/t7-,8-/m1/s1. The van der Waals surface area contributed by atoms with E-state index >= 15 is 0 Å². The molecular formula is C9H12FN3O. The fourth-order valence-corrected chi connectivity index (χ4v) is 1.73. The van der Waals surface area contributed by atoms with Crippen molar-refractivity contribution in [1.29, 1.82) is 0 Å². The first-order chi connectivity index (χ1) is 6.68. The highest BCUT2D eigenvalue weighted by Crippen LogP contribution is 2.11. The maximum absolute atomic E-state index is 12.9. The summed E-state index contributed by atoms with van der Waals surface area (Å²) in [5.41, 5.74) is 5.57. The molecule has 2 heterocycles. The molecule has 1 fully saturated rings. The van der Waals surface area contributed by atoms with E-state index in [2.05, 4.69) is 5.32 Å². The molecule has 0 spiro atoms. The first kappa shape index (κ1) is 9.36. The van der Waals surface area contributed by atoms with Gasteiger partial charge >= 0.3 is 0 Å². The molecule has 2 atom stereocenters. The molecule has 5 heteroatoms. The molecule has 2 rings (SSSR count). The van der Waals surface area contributed by atoms with Crippen molar-refractivity contribution in [3.8, 4) is 0 Å². The van der Waals surface area contributed by atoms with Gasteiger partial charge in [-0.05, 0) is 6.07 Å². The maximum atomic E-state index is 12.9. The highest BCUT2D eigenvalue weighted by Gasteiger charge is 2.25. The largest absolute Gasteiger partial charge is 0.325 e. The van der Waals surface area contributed by atoms with Crippen LogP contribution in [0.25, 0.3) is 0 Å². The Morgan fingerprint density at radius 1 is 1.50 bits per heavy atom. The zero-order chi connectivity index (χ0) is 10.1. The van der Waals surface area contributed by atoms with Gasteiger partial charge in [-0.2, -0.15) is 0 Å². The Hall–Kier alpha value is -1.20. The minimum absolute atomic E-state index is 0.130. The summed E-state index contributed by atoms with van der Waals surface area (Å²) in [6, 6.07) is 2.11. The third-order valence-corrected chi connectivity index (χ3v) is 2.49.